The quantitative estimate of drug-likeness (QED) is 0.592. The summed E-state index contributed by atoms with van der Waals surface area (Å²) in [6, 6.07) is 16.9. The van der Waals surface area contributed by atoms with E-state index in [2.05, 4.69) is 4.98 Å². The van der Waals surface area contributed by atoms with E-state index in [0.29, 0.717) is 16.3 Å². The van der Waals surface area contributed by atoms with Crippen LogP contribution in [0, 0.1) is 0 Å². The van der Waals surface area contributed by atoms with Gasteiger partial charge in [-0.3, -0.25) is 4.79 Å². The fraction of sp³-hybridized carbons (Fsp3) is 0.158. The Balaban J connectivity index is 1.96. The van der Waals surface area contributed by atoms with E-state index in [1.54, 1.807) is 54.6 Å². The summed E-state index contributed by atoms with van der Waals surface area (Å²) >= 11 is 6.10. The Kier molecular flexibility index (Phi) is 5.13. The zero-order valence-corrected chi connectivity index (χ0v) is 14.3. The lowest BCUT2D eigenvalue weighted by molar-refractivity contribution is -0.141. The summed E-state index contributed by atoms with van der Waals surface area (Å²) in [5.74, 6) is -0.821. The zero-order chi connectivity index (χ0) is 18.7. The van der Waals surface area contributed by atoms with E-state index in [9.17, 15) is 18.0 Å². The largest absolute Gasteiger partial charge is 0.406 e. The van der Waals surface area contributed by atoms with E-state index >= 15 is 0 Å². The van der Waals surface area contributed by atoms with Crippen molar-refractivity contribution in [2.45, 2.75) is 12.7 Å². The third-order valence-corrected chi connectivity index (χ3v) is 4.07. The van der Waals surface area contributed by atoms with Crippen molar-refractivity contribution in [1.29, 1.82) is 0 Å². The molecule has 3 aromatic rings. The molecule has 1 aromatic heterocycles. The van der Waals surface area contributed by atoms with Crippen molar-refractivity contribution in [3.8, 4) is 0 Å². The van der Waals surface area contributed by atoms with Crippen LogP contribution in [-0.2, 0) is 6.54 Å². The first-order chi connectivity index (χ1) is 12.3. The van der Waals surface area contributed by atoms with Crippen molar-refractivity contribution in [3.63, 3.8) is 0 Å². The van der Waals surface area contributed by atoms with E-state index in [-0.39, 0.29) is 17.4 Å². The highest BCUT2D eigenvalue weighted by atomic mass is 35.5. The minimum atomic E-state index is -4.52. The SMILES string of the molecule is O=C(c1cc2ccccc2c(Cl)n1)N(Cc1ccccc1)CC(F)(F)F. The van der Waals surface area contributed by atoms with Gasteiger partial charge in [-0.1, -0.05) is 66.2 Å². The van der Waals surface area contributed by atoms with Gasteiger partial charge in [-0.2, -0.15) is 13.2 Å². The smallest absolute Gasteiger partial charge is 0.324 e. The first-order valence-electron chi connectivity index (χ1n) is 7.79. The predicted octanol–water partition coefficient (Wildman–Crippen LogP) is 5.09. The third kappa shape index (κ3) is 4.32. The maximum Gasteiger partial charge on any atom is 0.406 e. The predicted molar refractivity (Wildman–Crippen MR) is 94.0 cm³/mol. The molecule has 3 rings (SSSR count). The molecule has 1 amide bonds. The molecule has 2 aromatic carbocycles. The van der Waals surface area contributed by atoms with Crippen LogP contribution in [0.1, 0.15) is 16.1 Å². The Bertz CT molecular complexity index is 929. The molecule has 0 radical (unpaired) electrons. The maximum absolute atomic E-state index is 13.0. The molecule has 0 saturated heterocycles. The number of nitrogens with zero attached hydrogens (tertiary/aromatic N) is 2. The van der Waals surface area contributed by atoms with Crippen molar-refractivity contribution in [2.75, 3.05) is 6.54 Å². The molecule has 1 heterocycles. The number of aromatic nitrogens is 1. The summed E-state index contributed by atoms with van der Waals surface area (Å²) in [5.41, 5.74) is 0.478. The molecule has 0 unspecified atom stereocenters. The molecule has 3 nitrogen and oxygen atoms in total. The average molecular weight is 379 g/mol. The first kappa shape index (κ1) is 18.2. The molecule has 0 aliphatic heterocycles. The van der Waals surface area contributed by atoms with E-state index in [1.165, 1.54) is 6.07 Å². The highest BCUT2D eigenvalue weighted by Crippen LogP contribution is 2.25. The van der Waals surface area contributed by atoms with Crippen LogP contribution < -0.4 is 0 Å². The Labute approximate surface area is 153 Å². The number of hydrogen-bond acceptors (Lipinski definition) is 2. The minimum absolute atomic E-state index is 0.0816. The standard InChI is InChI=1S/C19H14ClF3N2O/c20-17-15-9-5-4-8-14(15)10-16(24-17)18(26)25(12-19(21,22)23)11-13-6-2-1-3-7-13/h1-10H,11-12H2. The first-order valence-corrected chi connectivity index (χ1v) is 8.16. The molecule has 0 bridgehead atoms. The van der Waals surface area contributed by atoms with E-state index < -0.39 is 18.6 Å². The zero-order valence-electron chi connectivity index (χ0n) is 13.5. The van der Waals surface area contributed by atoms with Gasteiger partial charge < -0.3 is 4.90 Å². The number of rotatable bonds is 4. The summed E-state index contributed by atoms with van der Waals surface area (Å²) in [5, 5.41) is 1.36. The number of amides is 1. The number of pyridine rings is 1. The van der Waals surface area contributed by atoms with Gasteiger partial charge in [0.25, 0.3) is 5.91 Å². The molecule has 134 valence electrons. The summed E-state index contributed by atoms with van der Waals surface area (Å²) < 4.78 is 38.9. The van der Waals surface area contributed by atoms with E-state index in [4.69, 9.17) is 11.6 Å². The van der Waals surface area contributed by atoms with Crippen LogP contribution in [0.5, 0.6) is 0 Å². The van der Waals surface area contributed by atoms with Crippen molar-refractivity contribution in [2.24, 2.45) is 0 Å². The molecule has 0 saturated carbocycles. The van der Waals surface area contributed by atoms with Gasteiger partial charge in [0.15, 0.2) is 0 Å². The lowest BCUT2D eigenvalue weighted by atomic mass is 10.1. The van der Waals surface area contributed by atoms with Crippen LogP contribution in [-0.4, -0.2) is 28.5 Å². The molecule has 0 fully saturated rings. The summed E-state index contributed by atoms with van der Waals surface area (Å²) in [6.07, 6.45) is -4.52. The number of benzene rings is 2. The highest BCUT2D eigenvalue weighted by Gasteiger charge is 2.34. The minimum Gasteiger partial charge on any atom is -0.324 e. The fourth-order valence-electron chi connectivity index (χ4n) is 2.65. The third-order valence-electron chi connectivity index (χ3n) is 3.79. The topological polar surface area (TPSA) is 33.2 Å². The van der Waals surface area contributed by atoms with Crippen LogP contribution in [0.25, 0.3) is 10.8 Å². The maximum atomic E-state index is 13.0. The van der Waals surface area contributed by atoms with Crippen LogP contribution in [0.2, 0.25) is 5.15 Å². The van der Waals surface area contributed by atoms with E-state index in [0.717, 1.165) is 4.90 Å². The Hall–Kier alpha value is -2.60. The molecule has 0 atom stereocenters. The van der Waals surface area contributed by atoms with Crippen LogP contribution in [0.15, 0.2) is 60.7 Å². The lowest BCUT2D eigenvalue weighted by Gasteiger charge is -2.24. The van der Waals surface area contributed by atoms with Gasteiger partial charge >= 0.3 is 6.18 Å². The van der Waals surface area contributed by atoms with Crippen LogP contribution in [0.4, 0.5) is 13.2 Å². The molecule has 0 aliphatic carbocycles. The fourth-order valence-corrected chi connectivity index (χ4v) is 2.91. The molecule has 0 aliphatic rings. The van der Waals surface area contributed by atoms with Crippen molar-refractivity contribution >= 4 is 28.3 Å². The van der Waals surface area contributed by atoms with Gasteiger partial charge in [0.2, 0.25) is 0 Å². The molecular weight excluding hydrogens is 365 g/mol. The number of halogens is 4. The van der Waals surface area contributed by atoms with Crippen LogP contribution in [0.3, 0.4) is 0 Å². The van der Waals surface area contributed by atoms with Gasteiger partial charge in [-0.25, -0.2) is 4.98 Å². The van der Waals surface area contributed by atoms with Crippen molar-refractivity contribution in [3.05, 3.63) is 77.1 Å². The van der Waals surface area contributed by atoms with Gasteiger partial charge in [0.05, 0.1) is 0 Å². The Morgan fingerprint density at radius 3 is 2.38 bits per heavy atom. The van der Waals surface area contributed by atoms with Crippen molar-refractivity contribution in [1.82, 2.24) is 9.88 Å². The lowest BCUT2D eigenvalue weighted by Crippen LogP contribution is -2.38. The number of alkyl halides is 3. The monoisotopic (exact) mass is 378 g/mol. The van der Waals surface area contributed by atoms with Gasteiger partial charge in [0.1, 0.15) is 17.4 Å². The molecule has 0 spiro atoms. The number of carbonyl (C=O) groups excluding carboxylic acids is 1. The van der Waals surface area contributed by atoms with E-state index in [1.807, 2.05) is 0 Å². The molecule has 26 heavy (non-hydrogen) atoms. The van der Waals surface area contributed by atoms with Gasteiger partial charge in [-0.15, -0.1) is 0 Å². The summed E-state index contributed by atoms with van der Waals surface area (Å²) in [6.45, 7) is -1.54. The summed E-state index contributed by atoms with van der Waals surface area (Å²) in [4.78, 5) is 17.5. The second-order valence-electron chi connectivity index (χ2n) is 5.78. The number of fused-ring (bicyclic) bond motifs is 1. The number of carbonyl (C=O) groups is 1. The number of hydrogen-bond donors (Lipinski definition) is 0. The Morgan fingerprint density at radius 2 is 1.69 bits per heavy atom. The van der Waals surface area contributed by atoms with Crippen LogP contribution >= 0.6 is 11.6 Å². The van der Waals surface area contributed by atoms with Crippen molar-refractivity contribution < 1.29 is 18.0 Å². The second kappa shape index (κ2) is 7.33. The van der Waals surface area contributed by atoms with Gasteiger partial charge in [-0.05, 0) is 17.0 Å². The molecule has 7 heteroatoms. The normalized spacial score (nSPS) is 11.5. The van der Waals surface area contributed by atoms with Gasteiger partial charge in [0, 0.05) is 11.9 Å². The second-order valence-corrected chi connectivity index (χ2v) is 6.14. The molecular formula is C19H14ClF3N2O. The average Bonchev–Trinajstić information content (AvgIpc) is 2.60. The summed E-state index contributed by atoms with van der Waals surface area (Å²) in [7, 11) is 0. The highest BCUT2D eigenvalue weighted by molar-refractivity contribution is 6.34. The Morgan fingerprint density at radius 1 is 1.04 bits per heavy atom. The molecule has 0 N–H and O–H groups in total.